The summed E-state index contributed by atoms with van der Waals surface area (Å²) in [4.78, 5) is 33.0. The molecule has 13 heavy (non-hydrogen) atoms. The van der Waals surface area contributed by atoms with Crippen molar-refractivity contribution >= 4 is 17.6 Å². The SMILES string of the molecule is C[C@H](N)C(=O)C1CC(=O)N(O)C1=O. The molecule has 0 aliphatic carbocycles. The molecule has 2 atom stereocenters. The number of imide groups is 1. The molecule has 1 fully saturated rings. The van der Waals surface area contributed by atoms with Gasteiger partial charge in [0.25, 0.3) is 11.8 Å². The van der Waals surface area contributed by atoms with Crippen LogP contribution in [0.2, 0.25) is 0 Å². The first-order valence-electron chi connectivity index (χ1n) is 3.80. The molecule has 0 radical (unpaired) electrons. The van der Waals surface area contributed by atoms with Crippen molar-refractivity contribution in [1.29, 1.82) is 0 Å². The van der Waals surface area contributed by atoms with Gasteiger partial charge in [-0.05, 0) is 6.92 Å². The van der Waals surface area contributed by atoms with Crippen molar-refractivity contribution < 1.29 is 19.6 Å². The van der Waals surface area contributed by atoms with Gasteiger partial charge < -0.3 is 5.73 Å². The van der Waals surface area contributed by atoms with Gasteiger partial charge in [0.15, 0.2) is 5.78 Å². The number of carbonyl (C=O) groups excluding carboxylic acids is 3. The summed E-state index contributed by atoms with van der Waals surface area (Å²) in [6.07, 6.45) is -0.282. The molecule has 1 unspecified atom stereocenters. The van der Waals surface area contributed by atoms with Gasteiger partial charge in [0.05, 0.1) is 6.04 Å². The number of hydroxylamine groups is 2. The highest BCUT2D eigenvalue weighted by Crippen LogP contribution is 2.19. The summed E-state index contributed by atoms with van der Waals surface area (Å²) in [7, 11) is 0. The van der Waals surface area contributed by atoms with Crippen LogP contribution in [0.3, 0.4) is 0 Å². The average Bonchev–Trinajstić information content (AvgIpc) is 2.31. The van der Waals surface area contributed by atoms with Gasteiger partial charge >= 0.3 is 0 Å². The molecule has 1 rings (SSSR count). The highest BCUT2D eigenvalue weighted by Gasteiger charge is 2.43. The minimum Gasteiger partial charge on any atom is -0.322 e. The molecule has 3 N–H and O–H groups in total. The van der Waals surface area contributed by atoms with Gasteiger partial charge in [-0.25, -0.2) is 0 Å². The second kappa shape index (κ2) is 3.23. The van der Waals surface area contributed by atoms with E-state index in [4.69, 9.17) is 10.9 Å². The van der Waals surface area contributed by atoms with Crippen molar-refractivity contribution in [2.75, 3.05) is 0 Å². The fourth-order valence-electron chi connectivity index (χ4n) is 1.16. The maximum Gasteiger partial charge on any atom is 0.264 e. The Bertz CT molecular complexity index is 274. The third kappa shape index (κ3) is 1.58. The van der Waals surface area contributed by atoms with Gasteiger partial charge in [0.1, 0.15) is 5.92 Å². The molecule has 0 aromatic heterocycles. The molecule has 6 nitrogen and oxygen atoms in total. The summed E-state index contributed by atoms with van der Waals surface area (Å²) in [6.45, 7) is 1.43. The lowest BCUT2D eigenvalue weighted by Crippen LogP contribution is -2.37. The molecule has 0 spiro atoms. The van der Waals surface area contributed by atoms with Crippen molar-refractivity contribution in [3.05, 3.63) is 0 Å². The Kier molecular flexibility index (Phi) is 2.44. The van der Waals surface area contributed by atoms with E-state index >= 15 is 0 Å². The summed E-state index contributed by atoms with van der Waals surface area (Å²) >= 11 is 0. The Labute approximate surface area is 74.3 Å². The third-order valence-electron chi connectivity index (χ3n) is 1.91. The molecule has 1 heterocycles. The van der Waals surface area contributed by atoms with E-state index in [0.29, 0.717) is 0 Å². The lowest BCUT2D eigenvalue weighted by atomic mass is 9.98. The summed E-state index contributed by atoms with van der Waals surface area (Å²) in [5, 5.41) is 8.79. The molecular weight excluding hydrogens is 176 g/mol. The lowest BCUT2D eigenvalue weighted by molar-refractivity contribution is -0.172. The number of rotatable bonds is 2. The Morgan fingerprint density at radius 2 is 2.23 bits per heavy atom. The minimum atomic E-state index is -1.10. The molecule has 2 amide bonds. The largest absolute Gasteiger partial charge is 0.322 e. The Hall–Kier alpha value is -1.27. The van der Waals surface area contributed by atoms with Gasteiger partial charge in [-0.2, -0.15) is 5.06 Å². The number of Topliss-reactive ketones (excluding diaryl/α,β-unsaturated/α-hetero) is 1. The van der Waals surface area contributed by atoms with Crippen molar-refractivity contribution in [1.82, 2.24) is 5.06 Å². The van der Waals surface area contributed by atoms with Gasteiger partial charge in [-0.15, -0.1) is 0 Å². The Morgan fingerprint density at radius 3 is 2.54 bits per heavy atom. The molecule has 1 aliphatic rings. The van der Waals surface area contributed by atoms with Gasteiger partial charge in [0.2, 0.25) is 0 Å². The molecule has 1 saturated heterocycles. The molecule has 72 valence electrons. The van der Waals surface area contributed by atoms with Crippen LogP contribution in [0.1, 0.15) is 13.3 Å². The van der Waals surface area contributed by atoms with Crippen LogP contribution < -0.4 is 5.73 Å². The van der Waals surface area contributed by atoms with Gasteiger partial charge in [0, 0.05) is 6.42 Å². The highest BCUT2D eigenvalue weighted by molar-refractivity contribution is 6.14. The maximum absolute atomic E-state index is 11.2. The van der Waals surface area contributed by atoms with Crippen LogP contribution in [-0.4, -0.2) is 33.9 Å². The van der Waals surface area contributed by atoms with Crippen molar-refractivity contribution in [3.8, 4) is 0 Å². The summed E-state index contributed by atoms with van der Waals surface area (Å²) in [6, 6.07) is -0.798. The smallest absolute Gasteiger partial charge is 0.264 e. The number of hydrogen-bond donors (Lipinski definition) is 2. The summed E-state index contributed by atoms with van der Waals surface area (Å²) in [5.41, 5.74) is 5.26. The number of nitrogens with zero attached hydrogens (tertiary/aromatic N) is 1. The second-order valence-corrected chi connectivity index (χ2v) is 2.99. The second-order valence-electron chi connectivity index (χ2n) is 2.99. The number of ketones is 1. The first-order chi connectivity index (χ1) is 5.95. The fourth-order valence-corrected chi connectivity index (χ4v) is 1.16. The van der Waals surface area contributed by atoms with Crippen LogP contribution in [0.5, 0.6) is 0 Å². The predicted octanol–water partition coefficient (Wildman–Crippen LogP) is -1.33. The van der Waals surface area contributed by atoms with E-state index in [1.54, 1.807) is 0 Å². The van der Waals surface area contributed by atoms with Crippen molar-refractivity contribution in [3.63, 3.8) is 0 Å². The minimum absolute atomic E-state index is 0.0229. The van der Waals surface area contributed by atoms with Crippen LogP contribution in [0.25, 0.3) is 0 Å². The molecule has 6 heteroatoms. The monoisotopic (exact) mass is 186 g/mol. The van der Waals surface area contributed by atoms with Gasteiger partial charge in [-0.1, -0.05) is 0 Å². The van der Waals surface area contributed by atoms with E-state index in [1.807, 2.05) is 0 Å². The van der Waals surface area contributed by atoms with E-state index in [0.717, 1.165) is 0 Å². The highest BCUT2D eigenvalue weighted by atomic mass is 16.5. The van der Waals surface area contributed by atoms with E-state index in [2.05, 4.69) is 0 Å². The topological polar surface area (TPSA) is 101 Å². The zero-order chi connectivity index (χ0) is 10.2. The summed E-state index contributed by atoms with van der Waals surface area (Å²) < 4.78 is 0. The van der Waals surface area contributed by atoms with Crippen LogP contribution >= 0.6 is 0 Å². The lowest BCUT2D eigenvalue weighted by Gasteiger charge is -2.08. The zero-order valence-electron chi connectivity index (χ0n) is 7.06. The number of nitrogens with two attached hydrogens (primary N) is 1. The molecule has 0 aromatic carbocycles. The van der Waals surface area contributed by atoms with Crippen molar-refractivity contribution in [2.45, 2.75) is 19.4 Å². The standard InChI is InChI=1S/C7H10N2O4/c1-3(8)6(11)4-2-5(10)9(13)7(4)12/h3-4,13H,2,8H2,1H3/t3-,4?/m0/s1. The number of carbonyl (C=O) groups is 3. The quantitative estimate of drug-likeness (QED) is 0.316. The fraction of sp³-hybridized carbons (Fsp3) is 0.571. The first kappa shape index (κ1) is 9.82. The average molecular weight is 186 g/mol. The Balaban J connectivity index is 2.80. The van der Waals surface area contributed by atoms with Crippen LogP contribution in [0.15, 0.2) is 0 Å². The van der Waals surface area contributed by atoms with E-state index in [1.165, 1.54) is 6.92 Å². The maximum atomic E-state index is 11.2. The molecule has 0 aromatic rings. The third-order valence-corrected chi connectivity index (χ3v) is 1.91. The number of amides is 2. The van der Waals surface area contributed by atoms with E-state index < -0.39 is 29.6 Å². The van der Waals surface area contributed by atoms with E-state index in [-0.39, 0.29) is 11.5 Å². The van der Waals surface area contributed by atoms with Crippen LogP contribution in [0, 0.1) is 5.92 Å². The first-order valence-corrected chi connectivity index (χ1v) is 3.80. The van der Waals surface area contributed by atoms with Crippen molar-refractivity contribution in [2.24, 2.45) is 11.7 Å². The Morgan fingerprint density at radius 1 is 1.69 bits per heavy atom. The molecule has 1 aliphatic heterocycles. The summed E-state index contributed by atoms with van der Waals surface area (Å²) in [5.74, 6) is -3.26. The van der Waals surface area contributed by atoms with Crippen LogP contribution in [0.4, 0.5) is 0 Å². The number of hydrogen-bond acceptors (Lipinski definition) is 5. The molecule has 0 bridgehead atoms. The van der Waals surface area contributed by atoms with Crippen LogP contribution in [-0.2, 0) is 14.4 Å². The predicted molar refractivity (Wildman–Crippen MR) is 40.4 cm³/mol. The zero-order valence-corrected chi connectivity index (χ0v) is 7.06. The van der Waals surface area contributed by atoms with Gasteiger partial charge in [-0.3, -0.25) is 19.6 Å². The molecule has 0 saturated carbocycles. The normalized spacial score (nSPS) is 25.2. The molecular formula is C7H10N2O4. The van der Waals surface area contributed by atoms with E-state index in [9.17, 15) is 14.4 Å².